The highest BCUT2D eigenvalue weighted by Gasteiger charge is 2.16. The van der Waals surface area contributed by atoms with E-state index in [1.807, 2.05) is 19.1 Å². The van der Waals surface area contributed by atoms with Crippen molar-refractivity contribution in [3.8, 4) is 11.4 Å². The predicted octanol–water partition coefficient (Wildman–Crippen LogP) is 2.64. The average molecular weight is 416 g/mol. The number of nitrogens with one attached hydrogen (secondary N) is 2. The molecule has 0 spiro atoms. The van der Waals surface area contributed by atoms with Crippen LogP contribution in [0.25, 0.3) is 5.69 Å². The Morgan fingerprint density at radius 1 is 1.17 bits per heavy atom. The Morgan fingerprint density at radius 2 is 1.93 bits per heavy atom. The van der Waals surface area contributed by atoms with Gasteiger partial charge in [-0.25, -0.2) is 9.18 Å². The molecule has 0 aliphatic rings. The van der Waals surface area contributed by atoms with Crippen LogP contribution < -0.4 is 15.4 Å². The molecule has 1 heterocycles. The Labute approximate surface area is 169 Å². The lowest BCUT2D eigenvalue weighted by Crippen LogP contribution is -2.35. The van der Waals surface area contributed by atoms with Gasteiger partial charge in [-0.1, -0.05) is 36.0 Å². The van der Waals surface area contributed by atoms with Crippen LogP contribution in [-0.4, -0.2) is 44.5 Å². The molecule has 0 atom stereocenters. The summed E-state index contributed by atoms with van der Waals surface area (Å²) < 4.78 is 20.6. The maximum absolute atomic E-state index is 13.5. The van der Waals surface area contributed by atoms with Crippen LogP contribution >= 0.6 is 11.8 Å². The Kier molecular flexibility index (Phi) is 6.74. The van der Waals surface area contributed by atoms with Crippen LogP contribution in [0.2, 0.25) is 0 Å². The van der Waals surface area contributed by atoms with Crippen molar-refractivity contribution in [2.24, 2.45) is 0 Å². The number of hydrogen-bond donors (Lipinski definition) is 2. The lowest BCUT2D eigenvalue weighted by Gasteiger charge is -2.10. The summed E-state index contributed by atoms with van der Waals surface area (Å²) in [5.41, 5.74) is 0.599. The molecule has 3 aromatic rings. The zero-order valence-electron chi connectivity index (χ0n) is 15.3. The average Bonchev–Trinajstić information content (AvgIpc) is 3.17. The fourth-order valence-corrected chi connectivity index (χ4v) is 3.02. The van der Waals surface area contributed by atoms with Gasteiger partial charge in [0.2, 0.25) is 11.1 Å². The van der Waals surface area contributed by atoms with Gasteiger partial charge in [0.05, 0.1) is 18.0 Å². The summed E-state index contributed by atoms with van der Waals surface area (Å²) in [6.07, 6.45) is 0. The second-order valence-electron chi connectivity index (χ2n) is 5.54. The molecule has 0 bridgehead atoms. The quantitative estimate of drug-likeness (QED) is 0.570. The summed E-state index contributed by atoms with van der Waals surface area (Å²) in [7, 11) is 0. The largest absolute Gasteiger partial charge is 0.492 e. The first-order chi connectivity index (χ1) is 14.1. The van der Waals surface area contributed by atoms with Crippen LogP contribution in [0.3, 0.4) is 0 Å². The van der Waals surface area contributed by atoms with E-state index >= 15 is 0 Å². The third-order valence-corrected chi connectivity index (χ3v) is 4.46. The number of imide groups is 1. The zero-order valence-corrected chi connectivity index (χ0v) is 16.1. The first-order valence-electron chi connectivity index (χ1n) is 8.57. The molecule has 1 aromatic heterocycles. The van der Waals surface area contributed by atoms with E-state index in [4.69, 9.17) is 4.74 Å². The smallest absolute Gasteiger partial charge is 0.325 e. The normalized spacial score (nSPS) is 10.4. The number of benzene rings is 2. The molecule has 9 nitrogen and oxygen atoms in total. The maximum atomic E-state index is 13.5. The fourth-order valence-electron chi connectivity index (χ4n) is 2.34. The molecular formula is C18H17FN6O3S. The number of nitrogens with zero attached hydrogens (tertiary/aromatic N) is 4. The first kappa shape index (κ1) is 20.3. The molecule has 3 amide bonds. The van der Waals surface area contributed by atoms with Crippen LogP contribution in [0.5, 0.6) is 5.75 Å². The molecule has 0 saturated heterocycles. The number of anilines is 1. The van der Waals surface area contributed by atoms with E-state index in [0.29, 0.717) is 23.2 Å². The van der Waals surface area contributed by atoms with Gasteiger partial charge >= 0.3 is 6.03 Å². The number of tetrazole rings is 1. The fraction of sp³-hybridized carbons (Fsp3) is 0.167. The summed E-state index contributed by atoms with van der Waals surface area (Å²) >= 11 is 1.04. The lowest BCUT2D eigenvalue weighted by atomic mass is 10.3. The number of aromatic nitrogens is 4. The number of urea groups is 1. The summed E-state index contributed by atoms with van der Waals surface area (Å²) in [5.74, 6) is -0.715. The number of rotatable bonds is 7. The standard InChI is InChI=1S/C18H17FN6O3S/c1-2-28-15-10-6-5-9-14(15)25-18(22-23-24-25)29-11-16(26)21-17(27)20-13-8-4-3-7-12(13)19/h3-10H,2,11H2,1H3,(H2,20,21,26,27). The SMILES string of the molecule is CCOc1ccccc1-n1nnnc1SCC(=O)NC(=O)Nc1ccccc1F. The van der Waals surface area contributed by atoms with E-state index in [2.05, 4.69) is 26.2 Å². The number of hydrogen-bond acceptors (Lipinski definition) is 7. The minimum atomic E-state index is -0.831. The third kappa shape index (κ3) is 5.29. The Hall–Kier alpha value is -3.47. The topological polar surface area (TPSA) is 111 Å². The number of ether oxygens (including phenoxy) is 1. The highest BCUT2D eigenvalue weighted by atomic mass is 32.2. The molecule has 2 N–H and O–H groups in total. The molecule has 11 heteroatoms. The van der Waals surface area contributed by atoms with Crippen LogP contribution in [-0.2, 0) is 4.79 Å². The maximum Gasteiger partial charge on any atom is 0.325 e. The van der Waals surface area contributed by atoms with Crippen molar-refractivity contribution in [2.75, 3.05) is 17.7 Å². The summed E-state index contributed by atoms with van der Waals surface area (Å²) in [6.45, 7) is 2.34. The van der Waals surface area contributed by atoms with Gasteiger partial charge in [0.1, 0.15) is 17.3 Å². The molecule has 0 fully saturated rings. The predicted molar refractivity (Wildman–Crippen MR) is 105 cm³/mol. The number of carbonyl (C=O) groups is 2. The molecule has 29 heavy (non-hydrogen) atoms. The Balaban J connectivity index is 1.60. The number of amides is 3. The van der Waals surface area contributed by atoms with E-state index in [1.54, 1.807) is 18.2 Å². The van der Waals surface area contributed by atoms with E-state index in [1.165, 1.54) is 22.9 Å². The molecule has 150 valence electrons. The van der Waals surface area contributed by atoms with Crippen LogP contribution in [0.4, 0.5) is 14.9 Å². The third-order valence-electron chi connectivity index (χ3n) is 3.54. The summed E-state index contributed by atoms with van der Waals surface area (Å²) in [6, 6.07) is 12.0. The van der Waals surface area contributed by atoms with Gasteiger partial charge in [-0.3, -0.25) is 10.1 Å². The Bertz CT molecular complexity index is 1010. The van der Waals surface area contributed by atoms with Gasteiger partial charge in [0, 0.05) is 0 Å². The molecule has 3 rings (SSSR count). The molecular weight excluding hydrogens is 399 g/mol. The molecule has 0 unspecified atom stereocenters. The van der Waals surface area contributed by atoms with Crippen molar-refractivity contribution in [2.45, 2.75) is 12.1 Å². The number of thioether (sulfide) groups is 1. The second-order valence-corrected chi connectivity index (χ2v) is 6.49. The first-order valence-corrected chi connectivity index (χ1v) is 9.55. The molecule has 0 aliphatic carbocycles. The van der Waals surface area contributed by atoms with Crippen LogP contribution in [0.1, 0.15) is 6.92 Å². The molecule has 0 radical (unpaired) electrons. The molecule has 0 saturated carbocycles. The van der Waals surface area contributed by atoms with E-state index in [-0.39, 0.29) is 11.4 Å². The second kappa shape index (κ2) is 9.64. The highest BCUT2D eigenvalue weighted by molar-refractivity contribution is 7.99. The minimum absolute atomic E-state index is 0.0260. The van der Waals surface area contributed by atoms with Crippen molar-refractivity contribution >= 4 is 29.4 Å². The van der Waals surface area contributed by atoms with Crippen molar-refractivity contribution in [1.29, 1.82) is 0 Å². The summed E-state index contributed by atoms with van der Waals surface area (Å²) in [4.78, 5) is 23.9. The molecule has 0 aliphatic heterocycles. The van der Waals surface area contributed by atoms with Gasteiger partial charge in [-0.2, -0.15) is 4.68 Å². The van der Waals surface area contributed by atoms with Crippen molar-refractivity contribution in [3.63, 3.8) is 0 Å². The van der Waals surface area contributed by atoms with Gasteiger partial charge in [0.25, 0.3) is 0 Å². The van der Waals surface area contributed by atoms with Crippen molar-refractivity contribution in [1.82, 2.24) is 25.5 Å². The van der Waals surface area contributed by atoms with Crippen LogP contribution in [0, 0.1) is 5.82 Å². The molecule has 2 aromatic carbocycles. The summed E-state index contributed by atoms with van der Waals surface area (Å²) in [5, 5.41) is 16.2. The van der Waals surface area contributed by atoms with Gasteiger partial charge in [-0.05, 0) is 41.6 Å². The van der Waals surface area contributed by atoms with E-state index < -0.39 is 17.8 Å². The minimum Gasteiger partial charge on any atom is -0.492 e. The zero-order chi connectivity index (χ0) is 20.6. The highest BCUT2D eigenvalue weighted by Crippen LogP contribution is 2.25. The van der Waals surface area contributed by atoms with Crippen molar-refractivity contribution < 1.29 is 18.7 Å². The number of halogens is 1. The van der Waals surface area contributed by atoms with Gasteiger partial charge in [0.15, 0.2) is 0 Å². The van der Waals surface area contributed by atoms with Crippen molar-refractivity contribution in [3.05, 3.63) is 54.3 Å². The van der Waals surface area contributed by atoms with Crippen LogP contribution in [0.15, 0.2) is 53.7 Å². The van der Waals surface area contributed by atoms with E-state index in [0.717, 1.165) is 11.8 Å². The van der Waals surface area contributed by atoms with Gasteiger partial charge in [-0.15, -0.1) is 5.10 Å². The van der Waals surface area contributed by atoms with E-state index in [9.17, 15) is 14.0 Å². The Morgan fingerprint density at radius 3 is 2.72 bits per heavy atom. The van der Waals surface area contributed by atoms with Gasteiger partial charge < -0.3 is 10.1 Å². The number of para-hydroxylation sites is 3. The number of carbonyl (C=O) groups excluding carboxylic acids is 2. The lowest BCUT2D eigenvalue weighted by molar-refractivity contribution is -0.117. The monoisotopic (exact) mass is 416 g/mol.